The molecule has 0 bridgehead atoms. The second kappa shape index (κ2) is 9.87. The summed E-state index contributed by atoms with van der Waals surface area (Å²) in [7, 11) is 3.76. The van der Waals surface area contributed by atoms with E-state index in [2.05, 4.69) is 4.98 Å². The number of alkyl halides is 3. The van der Waals surface area contributed by atoms with Crippen LogP contribution in [0.2, 0.25) is 0 Å². The van der Waals surface area contributed by atoms with Crippen LogP contribution in [0.25, 0.3) is 16.5 Å². The number of allylic oxidation sites excluding steroid dienone is 1. The quantitative estimate of drug-likeness (QED) is 0.320. The number of carbonyl (C=O) groups is 2. The molecule has 1 aromatic heterocycles. The van der Waals surface area contributed by atoms with E-state index in [4.69, 9.17) is 0 Å². The van der Waals surface area contributed by atoms with Crippen LogP contribution in [0.3, 0.4) is 0 Å². The lowest BCUT2D eigenvalue weighted by molar-refractivity contribution is -0.138. The summed E-state index contributed by atoms with van der Waals surface area (Å²) in [5.74, 6) is -1.53. The first-order valence-corrected chi connectivity index (χ1v) is 11.7. The standard InChI is InChI=1S/C25H23F4N3O2S/c1-31(2)10-3-11-32-23(33)22(35-24(32)34)19(15-5-7-21-17(12-15)8-9-30-21)13-16-4-6-18(26)14-20(16)25(27,28)29/h4-9,12,14,30H,3,10-11,13H2,1-2H3/b22-19-. The predicted molar refractivity (Wildman–Crippen MR) is 128 cm³/mol. The minimum absolute atomic E-state index is 0.0900. The Balaban J connectivity index is 1.80. The topological polar surface area (TPSA) is 56.4 Å². The van der Waals surface area contributed by atoms with Crippen LogP contribution in [0, 0.1) is 5.82 Å². The molecular formula is C25H23F4N3O2S. The van der Waals surface area contributed by atoms with E-state index in [0.717, 1.165) is 39.7 Å². The van der Waals surface area contributed by atoms with Gasteiger partial charge >= 0.3 is 6.18 Å². The molecule has 2 aromatic carbocycles. The molecule has 0 spiro atoms. The number of imide groups is 1. The maximum absolute atomic E-state index is 13.7. The smallest absolute Gasteiger partial charge is 0.361 e. The Morgan fingerprint density at radius 3 is 2.57 bits per heavy atom. The number of benzene rings is 2. The fourth-order valence-corrected chi connectivity index (χ4v) is 5.00. The molecule has 0 unspecified atom stereocenters. The predicted octanol–water partition coefficient (Wildman–Crippen LogP) is 5.93. The highest BCUT2D eigenvalue weighted by molar-refractivity contribution is 8.18. The Hall–Kier alpha value is -3.11. The van der Waals surface area contributed by atoms with E-state index in [9.17, 15) is 27.2 Å². The van der Waals surface area contributed by atoms with E-state index in [1.807, 2.05) is 25.1 Å². The molecule has 1 aliphatic rings. The van der Waals surface area contributed by atoms with Crippen LogP contribution in [0.1, 0.15) is 23.1 Å². The lowest BCUT2D eigenvalue weighted by Crippen LogP contribution is -2.31. The number of halogens is 4. The molecule has 10 heteroatoms. The summed E-state index contributed by atoms with van der Waals surface area (Å²) in [5, 5.41) is 0.347. The van der Waals surface area contributed by atoms with Crippen molar-refractivity contribution in [2.45, 2.75) is 19.0 Å². The Bertz CT molecular complexity index is 1310. The summed E-state index contributed by atoms with van der Waals surface area (Å²) < 4.78 is 54.8. The number of amides is 2. The Morgan fingerprint density at radius 2 is 1.86 bits per heavy atom. The first-order valence-electron chi connectivity index (χ1n) is 10.9. The lowest BCUT2D eigenvalue weighted by atomic mass is 9.93. The van der Waals surface area contributed by atoms with Crippen molar-refractivity contribution < 1.29 is 27.2 Å². The number of aromatic amines is 1. The Labute approximate surface area is 203 Å². The van der Waals surface area contributed by atoms with Crippen LogP contribution >= 0.6 is 11.8 Å². The van der Waals surface area contributed by atoms with Crippen molar-refractivity contribution in [1.29, 1.82) is 0 Å². The van der Waals surface area contributed by atoms with Crippen LogP contribution < -0.4 is 0 Å². The highest BCUT2D eigenvalue weighted by Crippen LogP contribution is 2.41. The van der Waals surface area contributed by atoms with Crippen LogP contribution in [0.5, 0.6) is 0 Å². The van der Waals surface area contributed by atoms with Gasteiger partial charge in [0.05, 0.1) is 10.5 Å². The highest BCUT2D eigenvalue weighted by Gasteiger charge is 2.38. The number of nitrogens with one attached hydrogen (secondary N) is 1. The fraction of sp³-hybridized carbons (Fsp3) is 0.280. The zero-order valence-corrected chi connectivity index (χ0v) is 19.9. The van der Waals surface area contributed by atoms with Crippen molar-refractivity contribution >= 4 is 39.4 Å². The van der Waals surface area contributed by atoms with E-state index in [-0.39, 0.29) is 23.4 Å². The van der Waals surface area contributed by atoms with Crippen molar-refractivity contribution in [1.82, 2.24) is 14.8 Å². The van der Waals surface area contributed by atoms with Crippen LogP contribution in [0.15, 0.2) is 53.6 Å². The van der Waals surface area contributed by atoms with Gasteiger partial charge in [-0.2, -0.15) is 13.2 Å². The van der Waals surface area contributed by atoms with Gasteiger partial charge in [-0.25, -0.2) is 4.39 Å². The van der Waals surface area contributed by atoms with E-state index >= 15 is 0 Å². The van der Waals surface area contributed by atoms with E-state index < -0.39 is 28.7 Å². The van der Waals surface area contributed by atoms with Crippen molar-refractivity contribution in [3.8, 4) is 0 Å². The molecule has 1 aliphatic heterocycles. The normalized spacial score (nSPS) is 16.1. The summed E-state index contributed by atoms with van der Waals surface area (Å²) in [5.41, 5.74) is 0.352. The molecule has 184 valence electrons. The molecule has 1 N–H and O–H groups in total. The fourth-order valence-electron chi connectivity index (χ4n) is 4.03. The number of aromatic nitrogens is 1. The number of carbonyl (C=O) groups excluding carboxylic acids is 2. The van der Waals surface area contributed by atoms with Crippen LogP contribution in [-0.4, -0.2) is 53.1 Å². The molecule has 5 nitrogen and oxygen atoms in total. The number of fused-ring (bicyclic) bond motifs is 1. The average molecular weight is 506 g/mol. The first kappa shape index (κ1) is 25.0. The van der Waals surface area contributed by atoms with Crippen molar-refractivity contribution in [2.24, 2.45) is 0 Å². The third-order valence-corrected chi connectivity index (χ3v) is 6.78. The molecule has 1 fully saturated rings. The van der Waals surface area contributed by atoms with Crippen LogP contribution in [0.4, 0.5) is 22.4 Å². The maximum atomic E-state index is 13.7. The van der Waals surface area contributed by atoms with E-state index in [1.165, 1.54) is 0 Å². The molecule has 3 aromatic rings. The largest absolute Gasteiger partial charge is 0.416 e. The van der Waals surface area contributed by atoms with Crippen molar-refractivity contribution in [3.63, 3.8) is 0 Å². The van der Waals surface area contributed by atoms with Gasteiger partial charge in [0.15, 0.2) is 0 Å². The van der Waals surface area contributed by atoms with Gasteiger partial charge in [-0.05, 0) is 97.7 Å². The van der Waals surface area contributed by atoms with E-state index in [1.54, 1.807) is 24.4 Å². The van der Waals surface area contributed by atoms with Crippen molar-refractivity contribution in [2.75, 3.05) is 27.2 Å². The van der Waals surface area contributed by atoms with Gasteiger partial charge in [0.1, 0.15) is 5.82 Å². The van der Waals surface area contributed by atoms with E-state index in [0.29, 0.717) is 30.2 Å². The molecule has 0 aliphatic carbocycles. The number of rotatable bonds is 7. The zero-order valence-electron chi connectivity index (χ0n) is 19.1. The average Bonchev–Trinajstić information content (AvgIpc) is 3.36. The summed E-state index contributed by atoms with van der Waals surface area (Å²) in [4.78, 5) is 32.2. The van der Waals surface area contributed by atoms with Gasteiger partial charge in [0, 0.05) is 18.3 Å². The molecule has 2 heterocycles. The van der Waals surface area contributed by atoms with Gasteiger partial charge < -0.3 is 9.88 Å². The summed E-state index contributed by atoms with van der Waals surface area (Å²) in [6.45, 7) is 0.878. The highest BCUT2D eigenvalue weighted by atomic mass is 32.2. The third-order valence-electron chi connectivity index (χ3n) is 5.76. The van der Waals surface area contributed by atoms with Crippen molar-refractivity contribution in [3.05, 3.63) is 76.1 Å². The molecule has 35 heavy (non-hydrogen) atoms. The zero-order chi connectivity index (χ0) is 25.3. The van der Waals surface area contributed by atoms with Gasteiger partial charge in [-0.15, -0.1) is 0 Å². The third kappa shape index (κ3) is 5.43. The van der Waals surface area contributed by atoms with Gasteiger partial charge in [-0.3, -0.25) is 14.5 Å². The molecule has 0 radical (unpaired) electrons. The lowest BCUT2D eigenvalue weighted by Gasteiger charge is -2.17. The SMILES string of the molecule is CN(C)CCCN1C(=O)S/C(=C(/Cc2ccc(F)cc2C(F)(F)F)c2ccc3[nH]ccc3c2)C1=O. The molecule has 1 saturated heterocycles. The second-order valence-electron chi connectivity index (χ2n) is 8.54. The van der Waals surface area contributed by atoms with Gasteiger partial charge in [0.2, 0.25) is 0 Å². The monoisotopic (exact) mass is 505 g/mol. The maximum Gasteiger partial charge on any atom is 0.416 e. The first-order chi connectivity index (χ1) is 16.5. The molecular weight excluding hydrogens is 482 g/mol. The molecule has 4 rings (SSSR count). The Kier molecular flexibility index (Phi) is 7.05. The molecule has 0 saturated carbocycles. The summed E-state index contributed by atoms with van der Waals surface area (Å²) >= 11 is 0.727. The minimum atomic E-state index is -4.78. The van der Waals surface area contributed by atoms with Gasteiger partial charge in [-0.1, -0.05) is 12.1 Å². The summed E-state index contributed by atoms with van der Waals surface area (Å²) in [6, 6.07) is 9.53. The number of nitrogens with zero attached hydrogens (tertiary/aromatic N) is 2. The number of H-pyrrole nitrogens is 1. The summed E-state index contributed by atoms with van der Waals surface area (Å²) in [6.07, 6.45) is -2.77. The van der Waals surface area contributed by atoms with Crippen LogP contribution in [-0.2, 0) is 17.4 Å². The number of thioether (sulfide) groups is 1. The molecule has 2 amide bonds. The Morgan fingerprint density at radius 1 is 1.09 bits per heavy atom. The molecule has 0 atom stereocenters. The number of hydrogen-bond donors (Lipinski definition) is 1. The second-order valence-corrected chi connectivity index (χ2v) is 9.51. The van der Waals surface area contributed by atoms with Gasteiger partial charge in [0.25, 0.3) is 11.1 Å². The number of hydrogen-bond acceptors (Lipinski definition) is 4. The minimum Gasteiger partial charge on any atom is -0.361 e.